The van der Waals surface area contributed by atoms with E-state index in [0.717, 1.165) is 24.5 Å². The van der Waals surface area contributed by atoms with Gasteiger partial charge < -0.3 is 15.5 Å². The van der Waals surface area contributed by atoms with Gasteiger partial charge in [0.1, 0.15) is 5.82 Å². The summed E-state index contributed by atoms with van der Waals surface area (Å²) in [5.74, 6) is -0.824. The molecule has 3 rings (SSSR count). The molecule has 0 aliphatic carbocycles. The van der Waals surface area contributed by atoms with Crippen LogP contribution in [0.1, 0.15) is 55.5 Å². The van der Waals surface area contributed by atoms with Crippen molar-refractivity contribution >= 4 is 35.3 Å². The molecule has 0 saturated heterocycles. The molecule has 0 fully saturated rings. The molecule has 1 heterocycles. The van der Waals surface area contributed by atoms with E-state index in [1.807, 2.05) is 6.07 Å². The number of carbonyl (C=O) groups excluding carboxylic acids is 2. The second-order valence-electron chi connectivity index (χ2n) is 8.26. The monoisotopic (exact) mass is 470 g/mol. The van der Waals surface area contributed by atoms with Gasteiger partial charge in [0.2, 0.25) is 0 Å². The van der Waals surface area contributed by atoms with Crippen LogP contribution in [0.15, 0.2) is 52.3 Å². The summed E-state index contributed by atoms with van der Waals surface area (Å²) in [5, 5.41) is 5.85. The number of unbranched alkanes of at least 4 members (excludes halogenated alkanes) is 2. The Balaban J connectivity index is 1.61. The fraction of sp³-hybridized carbons (Fsp3) is 0.385. The molecule has 0 saturated carbocycles. The summed E-state index contributed by atoms with van der Waals surface area (Å²) in [6.45, 7) is 8.20. The number of carbonyl (C=O) groups is 2. The van der Waals surface area contributed by atoms with Crippen molar-refractivity contribution < 1.29 is 18.9 Å². The third-order valence-electron chi connectivity index (χ3n) is 5.66. The van der Waals surface area contributed by atoms with Crippen molar-refractivity contribution in [3.8, 4) is 0 Å². The largest absolute Gasteiger partial charge is 0.346 e. The van der Waals surface area contributed by atoms with Crippen LogP contribution >= 0.6 is 11.8 Å². The molecule has 0 spiro atoms. The summed E-state index contributed by atoms with van der Waals surface area (Å²) >= 11 is 1.27. The topological polar surface area (TPSA) is 62.6 Å². The molecule has 33 heavy (non-hydrogen) atoms. The minimum Gasteiger partial charge on any atom is -0.346 e. The van der Waals surface area contributed by atoms with Gasteiger partial charge in [0, 0.05) is 16.0 Å². The summed E-state index contributed by atoms with van der Waals surface area (Å²) < 4.78 is 14.0. The summed E-state index contributed by atoms with van der Waals surface area (Å²) in [6, 6.07) is 11.6. The average Bonchev–Trinajstić information content (AvgIpc) is 2.81. The lowest BCUT2D eigenvalue weighted by molar-refractivity contribution is -0.899. The van der Waals surface area contributed by atoms with Crippen LogP contribution in [0.25, 0.3) is 6.08 Å². The first-order valence-electron chi connectivity index (χ1n) is 11.7. The van der Waals surface area contributed by atoms with Gasteiger partial charge in [0.15, 0.2) is 0 Å². The van der Waals surface area contributed by atoms with Gasteiger partial charge in [0.05, 0.1) is 36.8 Å². The van der Waals surface area contributed by atoms with Gasteiger partial charge >= 0.3 is 0 Å². The second-order valence-corrected chi connectivity index (χ2v) is 9.34. The third-order valence-corrected chi connectivity index (χ3v) is 6.76. The fourth-order valence-electron chi connectivity index (χ4n) is 3.72. The first-order chi connectivity index (χ1) is 16.0. The number of thioether (sulfide) groups is 1. The fourth-order valence-corrected chi connectivity index (χ4v) is 4.64. The van der Waals surface area contributed by atoms with Crippen molar-refractivity contribution in [2.75, 3.05) is 31.5 Å². The van der Waals surface area contributed by atoms with Crippen LogP contribution < -0.4 is 15.5 Å². The molecule has 176 valence electrons. The van der Waals surface area contributed by atoms with Crippen LogP contribution in [-0.2, 0) is 4.79 Å². The predicted molar refractivity (Wildman–Crippen MR) is 133 cm³/mol. The number of rotatable bonds is 11. The van der Waals surface area contributed by atoms with Crippen LogP contribution in [0, 0.1) is 5.82 Å². The van der Waals surface area contributed by atoms with Crippen molar-refractivity contribution in [1.29, 1.82) is 0 Å². The first kappa shape index (κ1) is 25.0. The summed E-state index contributed by atoms with van der Waals surface area (Å²) in [6.07, 6.45) is 6.30. The van der Waals surface area contributed by atoms with E-state index in [9.17, 15) is 14.0 Å². The van der Waals surface area contributed by atoms with E-state index in [-0.39, 0.29) is 17.6 Å². The van der Waals surface area contributed by atoms with Crippen molar-refractivity contribution in [3.05, 3.63) is 64.3 Å². The highest BCUT2D eigenvalue weighted by molar-refractivity contribution is 8.04. The van der Waals surface area contributed by atoms with E-state index in [4.69, 9.17) is 0 Å². The number of halogens is 1. The molecule has 1 aliphatic rings. The Labute approximate surface area is 199 Å². The Kier molecular flexibility index (Phi) is 9.51. The summed E-state index contributed by atoms with van der Waals surface area (Å²) in [7, 11) is 0. The Morgan fingerprint density at radius 2 is 1.82 bits per heavy atom. The molecule has 0 unspecified atom stereocenters. The number of benzene rings is 2. The third kappa shape index (κ3) is 7.17. The molecular formula is C26H33FN3O2S+. The van der Waals surface area contributed by atoms with Gasteiger partial charge in [0.25, 0.3) is 11.8 Å². The van der Waals surface area contributed by atoms with Gasteiger partial charge in [-0.3, -0.25) is 9.59 Å². The van der Waals surface area contributed by atoms with Crippen molar-refractivity contribution in [3.63, 3.8) is 0 Å². The van der Waals surface area contributed by atoms with Crippen molar-refractivity contribution in [1.82, 2.24) is 5.32 Å². The smallest absolute Gasteiger partial charge is 0.262 e. The zero-order valence-corrected chi connectivity index (χ0v) is 20.2. The number of quaternary nitrogens is 1. The van der Waals surface area contributed by atoms with Gasteiger partial charge in [-0.25, -0.2) is 4.39 Å². The van der Waals surface area contributed by atoms with Gasteiger partial charge in [-0.05, 0) is 43.2 Å². The highest BCUT2D eigenvalue weighted by Crippen LogP contribution is 2.39. The molecule has 2 amide bonds. The lowest BCUT2D eigenvalue weighted by atomic mass is 10.1. The van der Waals surface area contributed by atoms with Crippen LogP contribution in [0.5, 0.6) is 0 Å². The van der Waals surface area contributed by atoms with Crippen LogP contribution in [0.4, 0.5) is 10.1 Å². The van der Waals surface area contributed by atoms with E-state index < -0.39 is 0 Å². The van der Waals surface area contributed by atoms with E-state index in [1.165, 1.54) is 48.4 Å². The molecule has 1 aliphatic heterocycles. The zero-order valence-electron chi connectivity index (χ0n) is 19.4. The quantitative estimate of drug-likeness (QED) is 0.433. The first-order valence-corrected chi connectivity index (χ1v) is 12.5. The standard InChI is InChI=1S/C26H32FN3O2S/c1-3-5-14-30(15-6-4-2)16-13-28-25(31)20-11-12-23-22(17-20)29-26(32)24(33-23)18-19-9-7-8-10-21(19)27/h7-12,17-18H,3-6,13-16H2,1-2H3,(H,28,31)(H,29,32)/p+1. The normalized spacial score (nSPS) is 14.3. The molecule has 2 aromatic carbocycles. The highest BCUT2D eigenvalue weighted by atomic mass is 32.2. The van der Waals surface area contributed by atoms with Crippen LogP contribution in [-0.4, -0.2) is 38.0 Å². The number of nitrogens with one attached hydrogen (secondary N) is 3. The number of amides is 2. The zero-order chi connectivity index (χ0) is 23.6. The lowest BCUT2D eigenvalue weighted by Crippen LogP contribution is -3.12. The Morgan fingerprint density at radius 3 is 2.52 bits per heavy atom. The Hall–Kier alpha value is -2.64. The SMILES string of the molecule is CCCC[NH+](CCCC)CCNC(=O)c1ccc2c(c1)NC(=O)C(=Cc1ccccc1F)S2. The number of fused-ring (bicyclic) bond motifs is 1. The van der Waals surface area contributed by atoms with Crippen LogP contribution in [0.3, 0.4) is 0 Å². The molecule has 7 heteroatoms. The van der Waals surface area contributed by atoms with Gasteiger partial charge in [-0.15, -0.1) is 0 Å². The minimum atomic E-state index is -0.374. The van der Waals surface area contributed by atoms with E-state index in [0.29, 0.717) is 28.3 Å². The summed E-state index contributed by atoms with van der Waals surface area (Å²) in [4.78, 5) is 28.0. The Morgan fingerprint density at radius 1 is 1.09 bits per heavy atom. The molecular weight excluding hydrogens is 437 g/mol. The highest BCUT2D eigenvalue weighted by Gasteiger charge is 2.22. The number of hydrogen-bond donors (Lipinski definition) is 3. The van der Waals surface area contributed by atoms with Crippen molar-refractivity contribution in [2.24, 2.45) is 0 Å². The molecule has 0 radical (unpaired) electrons. The average molecular weight is 471 g/mol. The van der Waals surface area contributed by atoms with E-state index in [1.54, 1.807) is 36.4 Å². The molecule has 2 aromatic rings. The Bertz CT molecular complexity index is 1000. The minimum absolute atomic E-state index is 0.143. The maximum atomic E-state index is 14.0. The predicted octanol–water partition coefficient (Wildman–Crippen LogP) is 4.13. The summed E-state index contributed by atoms with van der Waals surface area (Å²) in [5.41, 5.74) is 1.48. The maximum Gasteiger partial charge on any atom is 0.262 e. The second kappa shape index (κ2) is 12.6. The molecule has 5 nitrogen and oxygen atoms in total. The number of hydrogen-bond acceptors (Lipinski definition) is 3. The molecule has 0 atom stereocenters. The van der Waals surface area contributed by atoms with Crippen molar-refractivity contribution in [2.45, 2.75) is 44.4 Å². The van der Waals surface area contributed by atoms with E-state index >= 15 is 0 Å². The number of anilines is 1. The maximum absolute atomic E-state index is 14.0. The van der Waals surface area contributed by atoms with Crippen LogP contribution in [0.2, 0.25) is 0 Å². The van der Waals surface area contributed by atoms with E-state index in [2.05, 4.69) is 24.5 Å². The molecule has 0 bridgehead atoms. The van der Waals surface area contributed by atoms with Gasteiger partial charge in [-0.2, -0.15) is 0 Å². The van der Waals surface area contributed by atoms with Gasteiger partial charge in [-0.1, -0.05) is 56.7 Å². The molecule has 3 N–H and O–H groups in total. The molecule has 0 aromatic heterocycles. The lowest BCUT2D eigenvalue weighted by Gasteiger charge is -2.20.